The lowest BCUT2D eigenvalue weighted by atomic mass is 9.98. The van der Waals surface area contributed by atoms with Gasteiger partial charge in [-0.05, 0) is 52.4 Å². The topological polar surface area (TPSA) is 26.0 Å². The van der Waals surface area contributed by atoms with Crippen LogP contribution in [-0.2, 0) is 0 Å². The summed E-state index contributed by atoms with van der Waals surface area (Å²) in [4.78, 5) is 0. The Labute approximate surface area is 111 Å². The molecule has 0 unspecified atom stereocenters. The van der Waals surface area contributed by atoms with Crippen LogP contribution in [0.2, 0.25) is 0 Å². The molecule has 92 valence electrons. The van der Waals surface area contributed by atoms with Crippen LogP contribution in [0.4, 0.5) is 4.39 Å². The molecule has 1 nitrogen and oxygen atoms in total. The van der Waals surface area contributed by atoms with Crippen LogP contribution in [0, 0.1) is 11.7 Å². The molecule has 0 aliphatic heterocycles. The fourth-order valence-corrected chi connectivity index (χ4v) is 1.82. The van der Waals surface area contributed by atoms with Crippen molar-refractivity contribution in [3.05, 3.63) is 34.1 Å². The number of hydrogen-bond acceptors (Lipinski definition) is 1. The van der Waals surface area contributed by atoms with Gasteiger partial charge < -0.3 is 5.73 Å². The molecule has 1 atom stereocenters. The van der Waals surface area contributed by atoms with Gasteiger partial charge in [0.2, 0.25) is 0 Å². The molecule has 1 aromatic carbocycles. The fraction of sp³-hybridized carbons (Fsp3) is 0.500. The smallest absolute Gasteiger partial charge is 0.137 e. The second-order valence-electron chi connectivity index (χ2n) is 4.25. The average molecular weight is 311 g/mol. The molecular formula is C12H18BrClFN. The highest BCUT2D eigenvalue weighted by molar-refractivity contribution is 9.10. The largest absolute Gasteiger partial charge is 0.324 e. The zero-order valence-electron chi connectivity index (χ0n) is 9.54. The van der Waals surface area contributed by atoms with Crippen molar-refractivity contribution in [2.24, 2.45) is 11.7 Å². The summed E-state index contributed by atoms with van der Waals surface area (Å²) in [5, 5.41) is 0. The second kappa shape index (κ2) is 7.25. The fourth-order valence-electron chi connectivity index (χ4n) is 1.42. The predicted molar refractivity (Wildman–Crippen MR) is 72.3 cm³/mol. The molecule has 0 radical (unpaired) electrons. The highest BCUT2D eigenvalue weighted by Crippen LogP contribution is 2.23. The van der Waals surface area contributed by atoms with E-state index in [-0.39, 0.29) is 24.3 Å². The minimum absolute atomic E-state index is 0. The molecule has 0 fully saturated rings. The first-order valence-corrected chi connectivity index (χ1v) is 6.00. The van der Waals surface area contributed by atoms with E-state index in [2.05, 4.69) is 29.8 Å². The number of nitrogens with two attached hydrogens (primary N) is 1. The molecule has 1 aromatic rings. The zero-order valence-corrected chi connectivity index (χ0v) is 11.9. The van der Waals surface area contributed by atoms with Crippen LogP contribution in [0.15, 0.2) is 22.7 Å². The van der Waals surface area contributed by atoms with Gasteiger partial charge in [-0.3, -0.25) is 0 Å². The Hall–Kier alpha value is -0.120. The highest BCUT2D eigenvalue weighted by Gasteiger charge is 2.09. The van der Waals surface area contributed by atoms with Crippen LogP contribution in [-0.4, -0.2) is 0 Å². The van der Waals surface area contributed by atoms with Crippen LogP contribution in [0.1, 0.15) is 38.3 Å². The van der Waals surface area contributed by atoms with Gasteiger partial charge in [-0.2, -0.15) is 0 Å². The molecule has 2 N–H and O–H groups in total. The summed E-state index contributed by atoms with van der Waals surface area (Å²) in [6.07, 6.45) is 2.03. The van der Waals surface area contributed by atoms with E-state index in [9.17, 15) is 4.39 Å². The van der Waals surface area contributed by atoms with Crippen LogP contribution in [0.25, 0.3) is 0 Å². The summed E-state index contributed by atoms with van der Waals surface area (Å²) >= 11 is 3.16. The summed E-state index contributed by atoms with van der Waals surface area (Å²) in [5.41, 5.74) is 7.01. The van der Waals surface area contributed by atoms with Gasteiger partial charge in [-0.1, -0.05) is 19.9 Å². The molecule has 16 heavy (non-hydrogen) atoms. The molecule has 0 amide bonds. The van der Waals surface area contributed by atoms with E-state index in [1.165, 1.54) is 6.07 Å². The van der Waals surface area contributed by atoms with Crippen molar-refractivity contribution >= 4 is 28.3 Å². The number of benzene rings is 1. The van der Waals surface area contributed by atoms with E-state index < -0.39 is 0 Å². The van der Waals surface area contributed by atoms with Crippen molar-refractivity contribution in [2.45, 2.75) is 32.7 Å². The Kier molecular flexibility index (Phi) is 7.20. The first-order chi connectivity index (χ1) is 7.00. The molecule has 0 saturated heterocycles. The summed E-state index contributed by atoms with van der Waals surface area (Å²) in [6.45, 7) is 4.35. The van der Waals surface area contributed by atoms with Crippen LogP contribution in [0.3, 0.4) is 0 Å². The van der Waals surface area contributed by atoms with Crippen molar-refractivity contribution in [3.63, 3.8) is 0 Å². The second-order valence-corrected chi connectivity index (χ2v) is 5.11. The van der Waals surface area contributed by atoms with Crippen LogP contribution >= 0.6 is 28.3 Å². The Morgan fingerprint density at radius 1 is 1.31 bits per heavy atom. The highest BCUT2D eigenvalue weighted by atomic mass is 79.9. The van der Waals surface area contributed by atoms with Crippen LogP contribution < -0.4 is 5.73 Å². The van der Waals surface area contributed by atoms with E-state index in [4.69, 9.17) is 5.73 Å². The summed E-state index contributed by atoms with van der Waals surface area (Å²) in [7, 11) is 0. The van der Waals surface area contributed by atoms with Crippen LogP contribution in [0.5, 0.6) is 0 Å². The maximum atomic E-state index is 13.0. The number of hydrogen-bond donors (Lipinski definition) is 1. The quantitative estimate of drug-likeness (QED) is 0.874. The number of halogens is 3. The van der Waals surface area contributed by atoms with E-state index >= 15 is 0 Å². The molecule has 0 aliphatic carbocycles. The van der Waals surface area contributed by atoms with Crippen molar-refractivity contribution in [1.82, 2.24) is 0 Å². The molecule has 4 heteroatoms. The predicted octanol–water partition coefficient (Wildman–Crippen LogP) is 4.45. The van der Waals surface area contributed by atoms with E-state index in [1.54, 1.807) is 12.1 Å². The molecular weight excluding hydrogens is 292 g/mol. The maximum absolute atomic E-state index is 13.0. The molecule has 1 rings (SSSR count). The lowest BCUT2D eigenvalue weighted by Gasteiger charge is -2.13. The van der Waals surface area contributed by atoms with Gasteiger partial charge in [0.05, 0.1) is 4.47 Å². The van der Waals surface area contributed by atoms with Gasteiger partial charge in [0.25, 0.3) is 0 Å². The molecule has 0 heterocycles. The van der Waals surface area contributed by atoms with Crippen molar-refractivity contribution in [2.75, 3.05) is 0 Å². The first kappa shape index (κ1) is 15.9. The SMILES string of the molecule is CC(C)CC[C@H](N)c1ccc(F)c(Br)c1.Cl. The van der Waals surface area contributed by atoms with Crippen molar-refractivity contribution in [3.8, 4) is 0 Å². The zero-order chi connectivity index (χ0) is 11.4. The van der Waals surface area contributed by atoms with E-state index in [0.717, 1.165) is 18.4 Å². The molecule has 0 aromatic heterocycles. The number of rotatable bonds is 4. The summed E-state index contributed by atoms with van der Waals surface area (Å²) in [6, 6.07) is 4.98. The lowest BCUT2D eigenvalue weighted by molar-refractivity contribution is 0.506. The molecule has 0 aliphatic rings. The Balaban J connectivity index is 0.00000225. The monoisotopic (exact) mass is 309 g/mol. The molecule has 0 bridgehead atoms. The summed E-state index contributed by atoms with van der Waals surface area (Å²) < 4.78 is 13.5. The van der Waals surface area contributed by atoms with Gasteiger partial charge in [0.1, 0.15) is 5.82 Å². The van der Waals surface area contributed by atoms with E-state index in [0.29, 0.717) is 10.4 Å². The third-order valence-electron chi connectivity index (χ3n) is 2.43. The Morgan fingerprint density at radius 3 is 2.44 bits per heavy atom. The Morgan fingerprint density at radius 2 is 1.94 bits per heavy atom. The third kappa shape index (κ3) is 4.81. The van der Waals surface area contributed by atoms with Gasteiger partial charge in [-0.25, -0.2) is 4.39 Å². The van der Waals surface area contributed by atoms with Crippen molar-refractivity contribution < 1.29 is 4.39 Å². The van der Waals surface area contributed by atoms with Crippen molar-refractivity contribution in [1.29, 1.82) is 0 Å². The molecule has 0 spiro atoms. The average Bonchev–Trinajstić information content (AvgIpc) is 2.18. The first-order valence-electron chi connectivity index (χ1n) is 5.21. The van der Waals surface area contributed by atoms with Gasteiger partial charge in [0, 0.05) is 6.04 Å². The standard InChI is InChI=1S/C12H17BrFN.ClH/c1-8(2)3-6-12(15)9-4-5-11(14)10(13)7-9;/h4-5,7-8,12H,3,6,15H2,1-2H3;1H/t12-;/m0./s1. The summed E-state index contributed by atoms with van der Waals surface area (Å²) in [5.74, 6) is 0.412. The minimum Gasteiger partial charge on any atom is -0.324 e. The lowest BCUT2D eigenvalue weighted by Crippen LogP contribution is -2.11. The maximum Gasteiger partial charge on any atom is 0.137 e. The van der Waals surface area contributed by atoms with Gasteiger partial charge >= 0.3 is 0 Å². The van der Waals surface area contributed by atoms with Gasteiger partial charge in [-0.15, -0.1) is 12.4 Å². The van der Waals surface area contributed by atoms with Gasteiger partial charge in [0.15, 0.2) is 0 Å². The minimum atomic E-state index is -0.241. The van der Waals surface area contributed by atoms with E-state index in [1.807, 2.05) is 0 Å². The molecule has 0 saturated carbocycles. The Bertz CT molecular complexity index is 331. The third-order valence-corrected chi connectivity index (χ3v) is 3.03. The normalized spacial score (nSPS) is 12.4.